The molecule has 138 valence electrons. The third-order valence-corrected chi connectivity index (χ3v) is 6.16. The van der Waals surface area contributed by atoms with Crippen molar-refractivity contribution in [1.29, 1.82) is 0 Å². The van der Waals surface area contributed by atoms with Crippen LogP contribution in [0.4, 0.5) is 0 Å². The maximum atomic E-state index is 11.9. The molecule has 0 aliphatic heterocycles. The maximum absolute atomic E-state index is 11.9. The van der Waals surface area contributed by atoms with Crippen LogP contribution in [0.25, 0.3) is 0 Å². The molecule has 0 bridgehead atoms. The normalized spacial score (nSPS) is 22.8. The Bertz CT molecular complexity index is 795. The molecule has 3 N–H and O–H groups in total. The number of primary sulfonamides is 1. The fraction of sp³-hybridized carbons (Fsp3) is 0.467. The zero-order valence-electron chi connectivity index (χ0n) is 13.6. The number of benzene rings is 1. The number of nitrogens with one attached hydrogen (secondary N) is 1. The monoisotopic (exact) mass is 408 g/mol. The lowest BCUT2D eigenvalue weighted by Crippen LogP contribution is -2.33. The smallest absolute Gasteiger partial charge is 0.315 e. The van der Waals surface area contributed by atoms with Crippen molar-refractivity contribution in [3.8, 4) is 0 Å². The first-order valence-electron chi connectivity index (χ1n) is 7.34. The molecule has 1 amide bonds. The molecule has 0 saturated heterocycles. The number of esters is 1. The Kier molecular flexibility index (Phi) is 5.39. The van der Waals surface area contributed by atoms with Crippen molar-refractivity contribution in [2.24, 2.45) is 10.6 Å². The Balaban J connectivity index is 1.87. The standard InChI is InChI=1S/C15H18Cl2N2O5S/c1-9(10-3-5-11(6-4-10)25(18,22)23)19-12(20)7-24-13(21)14(2)8-15(14,16)17/h3-6,9H,7-8H2,1-2H3,(H,19,20)(H2,18,22,23)/t9-,14-/m1/s1. The maximum Gasteiger partial charge on any atom is 0.315 e. The molecule has 0 unspecified atom stereocenters. The van der Waals surface area contributed by atoms with Crippen molar-refractivity contribution in [3.63, 3.8) is 0 Å². The third-order valence-electron chi connectivity index (χ3n) is 4.13. The first-order valence-corrected chi connectivity index (χ1v) is 9.64. The predicted octanol–water partition coefficient (Wildman–Crippen LogP) is 1.64. The summed E-state index contributed by atoms with van der Waals surface area (Å²) in [5.74, 6) is -1.13. The van der Waals surface area contributed by atoms with Crippen LogP contribution in [0, 0.1) is 5.41 Å². The molecule has 1 aromatic carbocycles. The second kappa shape index (κ2) is 6.75. The zero-order valence-corrected chi connectivity index (χ0v) is 15.9. The second-order valence-electron chi connectivity index (χ2n) is 6.19. The number of alkyl halides is 2. The molecule has 1 aliphatic carbocycles. The summed E-state index contributed by atoms with van der Waals surface area (Å²) in [6.07, 6.45) is 0.274. The van der Waals surface area contributed by atoms with Gasteiger partial charge in [-0.25, -0.2) is 13.6 Å². The van der Waals surface area contributed by atoms with Gasteiger partial charge in [0.2, 0.25) is 10.0 Å². The largest absolute Gasteiger partial charge is 0.455 e. The van der Waals surface area contributed by atoms with Crippen molar-refractivity contribution < 1.29 is 22.7 Å². The Hall–Kier alpha value is -1.35. The van der Waals surface area contributed by atoms with Gasteiger partial charge in [0.15, 0.2) is 6.61 Å². The van der Waals surface area contributed by atoms with Gasteiger partial charge >= 0.3 is 5.97 Å². The van der Waals surface area contributed by atoms with E-state index < -0.39 is 44.3 Å². The van der Waals surface area contributed by atoms with E-state index in [0.717, 1.165) is 0 Å². The number of sulfonamides is 1. The average molecular weight is 409 g/mol. The SMILES string of the molecule is C[C@@H](NC(=O)COC(=O)[C@@]1(C)CC1(Cl)Cl)c1ccc(S(N)(=O)=O)cc1. The molecular formula is C15H18Cl2N2O5S. The summed E-state index contributed by atoms with van der Waals surface area (Å²) in [6.45, 7) is 2.82. The van der Waals surface area contributed by atoms with Crippen LogP contribution < -0.4 is 10.5 Å². The van der Waals surface area contributed by atoms with Crippen LogP contribution in [-0.2, 0) is 24.3 Å². The quantitative estimate of drug-likeness (QED) is 0.548. The number of nitrogens with two attached hydrogens (primary N) is 1. The van der Waals surface area contributed by atoms with Gasteiger partial charge in [-0.05, 0) is 31.5 Å². The second-order valence-corrected chi connectivity index (χ2v) is 9.24. The van der Waals surface area contributed by atoms with Crippen molar-refractivity contribution in [2.75, 3.05) is 6.61 Å². The molecule has 0 radical (unpaired) electrons. The molecule has 2 rings (SSSR count). The highest BCUT2D eigenvalue weighted by molar-refractivity contribution is 7.89. The Morgan fingerprint density at radius 2 is 1.84 bits per heavy atom. The topological polar surface area (TPSA) is 116 Å². The number of carbonyl (C=O) groups excluding carboxylic acids is 2. The number of carbonyl (C=O) groups is 2. The van der Waals surface area contributed by atoms with Crippen molar-refractivity contribution in [3.05, 3.63) is 29.8 Å². The first kappa shape index (κ1) is 20.0. The van der Waals surface area contributed by atoms with E-state index in [2.05, 4.69) is 5.32 Å². The summed E-state index contributed by atoms with van der Waals surface area (Å²) >= 11 is 11.8. The number of ether oxygens (including phenoxy) is 1. The fourth-order valence-corrected chi connectivity index (χ4v) is 3.43. The van der Waals surface area contributed by atoms with Gasteiger partial charge in [-0.2, -0.15) is 0 Å². The predicted molar refractivity (Wildman–Crippen MR) is 92.5 cm³/mol. The molecule has 10 heteroatoms. The van der Waals surface area contributed by atoms with Gasteiger partial charge < -0.3 is 10.1 Å². The molecule has 0 aromatic heterocycles. The molecule has 0 spiro atoms. The van der Waals surface area contributed by atoms with Gasteiger partial charge in [0.05, 0.1) is 10.9 Å². The molecule has 1 aromatic rings. The minimum absolute atomic E-state index is 0.0213. The summed E-state index contributed by atoms with van der Waals surface area (Å²) in [5.41, 5.74) is -0.326. The van der Waals surface area contributed by atoms with E-state index in [-0.39, 0.29) is 11.3 Å². The van der Waals surface area contributed by atoms with Crippen molar-refractivity contribution in [2.45, 2.75) is 35.5 Å². The lowest BCUT2D eigenvalue weighted by molar-refractivity contribution is -0.153. The molecule has 7 nitrogen and oxygen atoms in total. The van der Waals surface area contributed by atoms with Crippen molar-refractivity contribution >= 4 is 45.1 Å². The molecule has 25 heavy (non-hydrogen) atoms. The third kappa shape index (κ3) is 4.44. The minimum Gasteiger partial charge on any atom is -0.455 e. The molecule has 0 heterocycles. The van der Waals surface area contributed by atoms with Crippen LogP contribution >= 0.6 is 23.2 Å². The number of hydrogen-bond acceptors (Lipinski definition) is 5. The minimum atomic E-state index is -3.77. The van der Waals surface area contributed by atoms with E-state index in [4.69, 9.17) is 33.1 Å². The van der Waals surface area contributed by atoms with E-state index in [1.807, 2.05) is 0 Å². The average Bonchev–Trinajstić information content (AvgIpc) is 3.03. The van der Waals surface area contributed by atoms with Gasteiger partial charge in [0.25, 0.3) is 5.91 Å². The molecule has 1 fully saturated rings. The number of amides is 1. The van der Waals surface area contributed by atoms with Gasteiger partial charge in [-0.1, -0.05) is 12.1 Å². The Morgan fingerprint density at radius 3 is 2.28 bits per heavy atom. The van der Waals surface area contributed by atoms with Crippen molar-refractivity contribution in [1.82, 2.24) is 5.32 Å². The summed E-state index contributed by atoms with van der Waals surface area (Å²) in [5, 5.41) is 7.67. The van der Waals surface area contributed by atoms with E-state index in [1.54, 1.807) is 13.8 Å². The first-order chi connectivity index (χ1) is 11.4. The highest BCUT2D eigenvalue weighted by Gasteiger charge is 2.69. The van der Waals surface area contributed by atoms with Gasteiger partial charge in [0.1, 0.15) is 9.75 Å². The summed E-state index contributed by atoms with van der Waals surface area (Å²) < 4.78 is 26.2. The van der Waals surface area contributed by atoms with E-state index in [9.17, 15) is 18.0 Å². The Labute approximate surface area is 155 Å². The van der Waals surface area contributed by atoms with E-state index in [1.165, 1.54) is 24.3 Å². The van der Waals surface area contributed by atoms with Crippen LogP contribution in [0.15, 0.2) is 29.2 Å². The Morgan fingerprint density at radius 1 is 1.32 bits per heavy atom. The summed E-state index contributed by atoms with van der Waals surface area (Å²) in [4.78, 5) is 23.8. The zero-order chi connectivity index (χ0) is 19.0. The van der Waals surface area contributed by atoms with Crippen LogP contribution in [0.3, 0.4) is 0 Å². The van der Waals surface area contributed by atoms with Gasteiger partial charge in [-0.3, -0.25) is 9.59 Å². The highest BCUT2D eigenvalue weighted by Crippen LogP contribution is 2.64. The fourth-order valence-electron chi connectivity index (χ4n) is 2.22. The van der Waals surface area contributed by atoms with E-state index >= 15 is 0 Å². The number of halogens is 2. The van der Waals surface area contributed by atoms with Crippen LogP contribution in [-0.4, -0.2) is 31.2 Å². The molecule has 2 atom stereocenters. The molecule has 1 aliphatic rings. The van der Waals surface area contributed by atoms with E-state index in [0.29, 0.717) is 5.56 Å². The van der Waals surface area contributed by atoms with Gasteiger partial charge in [0, 0.05) is 6.42 Å². The lowest BCUT2D eigenvalue weighted by Gasteiger charge is -2.16. The lowest BCUT2D eigenvalue weighted by atomic mass is 10.1. The summed E-state index contributed by atoms with van der Waals surface area (Å²) in [6, 6.07) is 5.36. The molecular weight excluding hydrogens is 391 g/mol. The highest BCUT2D eigenvalue weighted by atomic mass is 35.5. The van der Waals surface area contributed by atoms with Crippen LogP contribution in [0.5, 0.6) is 0 Å². The number of rotatable bonds is 6. The van der Waals surface area contributed by atoms with Crippen LogP contribution in [0.2, 0.25) is 0 Å². The van der Waals surface area contributed by atoms with Gasteiger partial charge in [-0.15, -0.1) is 23.2 Å². The number of hydrogen-bond donors (Lipinski definition) is 2. The van der Waals surface area contributed by atoms with Crippen LogP contribution in [0.1, 0.15) is 31.9 Å². The molecule has 1 saturated carbocycles. The summed E-state index contributed by atoms with van der Waals surface area (Å²) in [7, 11) is -3.77.